The minimum Gasteiger partial charge on any atom is -0.255 e. The van der Waals surface area contributed by atoms with E-state index in [2.05, 4.69) is 48.7 Å². The lowest BCUT2D eigenvalue weighted by molar-refractivity contribution is 0.601. The van der Waals surface area contributed by atoms with Crippen molar-refractivity contribution in [1.82, 2.24) is 4.98 Å². The summed E-state index contributed by atoms with van der Waals surface area (Å²) in [6.45, 7) is 6.23. The van der Waals surface area contributed by atoms with Gasteiger partial charge in [0.15, 0.2) is 5.13 Å². The second-order valence-electron chi connectivity index (χ2n) is 6.28. The highest BCUT2D eigenvalue weighted by Gasteiger charge is 2.19. The highest BCUT2D eigenvalue weighted by Crippen LogP contribution is 2.35. The number of aromatic nitrogens is 1. The first-order chi connectivity index (χ1) is 12.4. The largest absolute Gasteiger partial charge is 0.263 e. The van der Waals surface area contributed by atoms with E-state index in [4.69, 9.17) is 0 Å². The van der Waals surface area contributed by atoms with Crippen LogP contribution in [0.25, 0.3) is 11.3 Å². The lowest BCUT2D eigenvalue weighted by atomic mass is 10.0. The molecule has 0 saturated carbocycles. The van der Waals surface area contributed by atoms with Crippen LogP contribution in [0.5, 0.6) is 0 Å². The van der Waals surface area contributed by atoms with Crippen molar-refractivity contribution >= 4 is 26.5 Å². The summed E-state index contributed by atoms with van der Waals surface area (Å²) in [5, 5.41) is 0.410. The molecule has 0 atom stereocenters. The number of anilines is 1. The molecule has 3 rings (SSSR count). The molecule has 0 unspecified atom stereocenters. The predicted molar refractivity (Wildman–Crippen MR) is 108 cm³/mol. The second-order valence-corrected chi connectivity index (χ2v) is 9.04. The third kappa shape index (κ3) is 3.97. The van der Waals surface area contributed by atoms with Gasteiger partial charge in [0, 0.05) is 10.4 Å². The fraction of sp³-hybridized carbons (Fsp3) is 0.250. The average Bonchev–Trinajstić information content (AvgIpc) is 2.97. The lowest BCUT2D eigenvalue weighted by Gasteiger charge is -2.06. The fourth-order valence-electron chi connectivity index (χ4n) is 2.86. The molecular weight excluding hydrogens is 364 g/mol. The van der Waals surface area contributed by atoms with Gasteiger partial charge in [0.2, 0.25) is 0 Å². The Morgan fingerprint density at radius 2 is 1.81 bits per heavy atom. The molecule has 0 bridgehead atoms. The van der Waals surface area contributed by atoms with E-state index in [0.717, 1.165) is 34.5 Å². The first-order valence-electron chi connectivity index (χ1n) is 8.56. The van der Waals surface area contributed by atoms with Crippen molar-refractivity contribution in [2.75, 3.05) is 4.72 Å². The Hall–Kier alpha value is -2.18. The standard InChI is InChI=1S/C20H22N2O2S2/c1-4-8-18-19(17-12-11-14(2)13-15(17)3)21-20(25-18)22-26(23,24)16-9-6-5-7-10-16/h5-7,9-13H,4,8H2,1-3H3,(H,21,22). The monoisotopic (exact) mass is 386 g/mol. The van der Waals surface area contributed by atoms with Crippen molar-refractivity contribution in [3.8, 4) is 11.3 Å². The van der Waals surface area contributed by atoms with Gasteiger partial charge >= 0.3 is 0 Å². The third-order valence-electron chi connectivity index (χ3n) is 4.09. The minimum atomic E-state index is -3.63. The fourth-order valence-corrected chi connectivity index (χ4v) is 5.19. The van der Waals surface area contributed by atoms with Crippen LogP contribution in [0.4, 0.5) is 5.13 Å². The van der Waals surface area contributed by atoms with Crippen LogP contribution in [0.2, 0.25) is 0 Å². The van der Waals surface area contributed by atoms with Crippen LogP contribution in [-0.4, -0.2) is 13.4 Å². The molecule has 1 heterocycles. The SMILES string of the molecule is CCCc1sc(NS(=O)(=O)c2ccccc2)nc1-c1ccc(C)cc1C. The Balaban J connectivity index is 2.00. The number of hydrogen-bond donors (Lipinski definition) is 1. The number of aryl methyl sites for hydroxylation is 3. The van der Waals surface area contributed by atoms with E-state index in [0.29, 0.717) is 5.13 Å². The summed E-state index contributed by atoms with van der Waals surface area (Å²) in [4.78, 5) is 5.97. The van der Waals surface area contributed by atoms with Gasteiger partial charge in [-0.05, 0) is 38.0 Å². The van der Waals surface area contributed by atoms with Crippen LogP contribution in [-0.2, 0) is 16.4 Å². The summed E-state index contributed by atoms with van der Waals surface area (Å²) < 4.78 is 27.8. The van der Waals surface area contributed by atoms with Crippen molar-refractivity contribution in [3.05, 3.63) is 64.5 Å². The Morgan fingerprint density at radius 1 is 1.08 bits per heavy atom. The highest BCUT2D eigenvalue weighted by molar-refractivity contribution is 7.93. The van der Waals surface area contributed by atoms with Gasteiger partial charge in [-0.1, -0.05) is 55.3 Å². The van der Waals surface area contributed by atoms with Crippen LogP contribution < -0.4 is 4.72 Å². The van der Waals surface area contributed by atoms with Crippen molar-refractivity contribution in [2.24, 2.45) is 0 Å². The van der Waals surface area contributed by atoms with Gasteiger partial charge in [0.05, 0.1) is 10.6 Å². The molecule has 2 aromatic carbocycles. The molecule has 26 heavy (non-hydrogen) atoms. The number of rotatable bonds is 6. The van der Waals surface area contributed by atoms with Gasteiger partial charge in [0.25, 0.3) is 10.0 Å². The topological polar surface area (TPSA) is 59.1 Å². The maximum Gasteiger partial charge on any atom is 0.263 e. The van der Waals surface area contributed by atoms with E-state index in [1.54, 1.807) is 30.3 Å². The summed E-state index contributed by atoms with van der Waals surface area (Å²) in [5.74, 6) is 0. The van der Waals surface area contributed by atoms with Crippen molar-refractivity contribution in [3.63, 3.8) is 0 Å². The normalized spacial score (nSPS) is 11.5. The zero-order chi connectivity index (χ0) is 18.7. The van der Waals surface area contributed by atoms with Crippen molar-refractivity contribution in [1.29, 1.82) is 0 Å². The van der Waals surface area contributed by atoms with E-state index in [1.165, 1.54) is 16.9 Å². The summed E-state index contributed by atoms with van der Waals surface area (Å²) >= 11 is 1.41. The molecular formula is C20H22N2O2S2. The molecule has 6 heteroatoms. The molecule has 1 aromatic heterocycles. The molecule has 0 amide bonds. The van der Waals surface area contributed by atoms with E-state index < -0.39 is 10.0 Å². The van der Waals surface area contributed by atoms with Gasteiger partial charge in [-0.3, -0.25) is 4.72 Å². The molecule has 3 aromatic rings. The van der Waals surface area contributed by atoms with E-state index >= 15 is 0 Å². The third-order valence-corrected chi connectivity index (χ3v) is 6.60. The maximum absolute atomic E-state index is 12.6. The summed E-state index contributed by atoms with van der Waals surface area (Å²) in [6, 6.07) is 14.6. The lowest BCUT2D eigenvalue weighted by Crippen LogP contribution is -2.12. The van der Waals surface area contributed by atoms with Gasteiger partial charge in [-0.25, -0.2) is 13.4 Å². The molecule has 0 spiro atoms. The molecule has 0 aliphatic carbocycles. The van der Waals surface area contributed by atoms with Crippen LogP contribution in [0, 0.1) is 13.8 Å². The second kappa shape index (κ2) is 7.60. The minimum absolute atomic E-state index is 0.236. The molecule has 0 aliphatic rings. The first-order valence-corrected chi connectivity index (χ1v) is 10.9. The molecule has 0 aliphatic heterocycles. The number of thiazole rings is 1. The average molecular weight is 387 g/mol. The molecule has 0 radical (unpaired) electrons. The highest BCUT2D eigenvalue weighted by atomic mass is 32.2. The Morgan fingerprint density at radius 3 is 2.46 bits per heavy atom. The smallest absolute Gasteiger partial charge is 0.255 e. The number of sulfonamides is 1. The van der Waals surface area contributed by atoms with Crippen LogP contribution in [0.3, 0.4) is 0 Å². The Labute approximate surface area is 159 Å². The summed E-state index contributed by atoms with van der Waals surface area (Å²) in [7, 11) is -3.63. The van der Waals surface area contributed by atoms with Gasteiger partial charge in [-0.2, -0.15) is 0 Å². The summed E-state index contributed by atoms with van der Waals surface area (Å²) in [5.41, 5.74) is 4.27. The molecule has 0 saturated heterocycles. The predicted octanol–water partition coefficient (Wildman–Crippen LogP) is 5.18. The Bertz CT molecular complexity index is 1010. The number of benzene rings is 2. The number of nitrogens with zero attached hydrogens (tertiary/aromatic N) is 1. The quantitative estimate of drug-likeness (QED) is 0.635. The van der Waals surface area contributed by atoms with Gasteiger partial charge < -0.3 is 0 Å². The van der Waals surface area contributed by atoms with Gasteiger partial charge in [0.1, 0.15) is 0 Å². The molecule has 4 nitrogen and oxygen atoms in total. The van der Waals surface area contributed by atoms with Crippen LogP contribution in [0.1, 0.15) is 29.3 Å². The summed E-state index contributed by atoms with van der Waals surface area (Å²) in [6.07, 6.45) is 1.85. The Kier molecular flexibility index (Phi) is 5.44. The van der Waals surface area contributed by atoms with Crippen molar-refractivity contribution < 1.29 is 8.42 Å². The van der Waals surface area contributed by atoms with E-state index in [-0.39, 0.29) is 4.90 Å². The van der Waals surface area contributed by atoms with Gasteiger partial charge in [-0.15, -0.1) is 11.3 Å². The number of hydrogen-bond acceptors (Lipinski definition) is 4. The number of nitrogens with one attached hydrogen (secondary N) is 1. The van der Waals surface area contributed by atoms with E-state index in [1.807, 2.05) is 0 Å². The van der Waals surface area contributed by atoms with Crippen LogP contribution in [0.15, 0.2) is 53.4 Å². The maximum atomic E-state index is 12.6. The zero-order valence-electron chi connectivity index (χ0n) is 15.1. The molecule has 136 valence electrons. The van der Waals surface area contributed by atoms with Crippen molar-refractivity contribution in [2.45, 2.75) is 38.5 Å². The van der Waals surface area contributed by atoms with Crippen LogP contribution >= 0.6 is 11.3 Å². The molecule has 1 N–H and O–H groups in total. The first kappa shape index (κ1) is 18.6. The zero-order valence-corrected chi connectivity index (χ0v) is 16.7. The molecule has 0 fully saturated rings. The van der Waals surface area contributed by atoms with E-state index in [9.17, 15) is 8.42 Å².